The first-order valence-electron chi connectivity index (χ1n) is 5.79. The number of alkyl halides is 1. The van der Waals surface area contributed by atoms with Crippen molar-refractivity contribution in [3.05, 3.63) is 41.5 Å². The molecule has 0 bridgehead atoms. The number of rotatable bonds is 3. The molecule has 0 aliphatic heterocycles. The molecule has 0 heterocycles. The fourth-order valence-corrected chi connectivity index (χ4v) is 1.73. The van der Waals surface area contributed by atoms with Gasteiger partial charge in [0, 0.05) is 5.88 Å². The third-order valence-electron chi connectivity index (χ3n) is 2.77. The topological polar surface area (TPSA) is 0 Å². The van der Waals surface area contributed by atoms with Crippen LogP contribution in [0, 0.1) is 0 Å². The summed E-state index contributed by atoms with van der Waals surface area (Å²) in [4.78, 5) is 0. The van der Waals surface area contributed by atoms with Crippen LogP contribution in [0.5, 0.6) is 0 Å². The fourth-order valence-electron chi connectivity index (χ4n) is 1.62. The lowest BCUT2D eigenvalue weighted by atomic mass is 9.86. The molecule has 1 aromatic carbocycles. The summed E-state index contributed by atoms with van der Waals surface area (Å²) in [5.41, 5.74) is 4.20. The van der Waals surface area contributed by atoms with Crippen LogP contribution in [0.3, 0.4) is 0 Å². The van der Waals surface area contributed by atoms with E-state index in [4.69, 9.17) is 11.6 Å². The molecule has 0 unspecified atom stereocenters. The Hall–Kier alpha value is -0.750. The number of halogens is 1. The third kappa shape index (κ3) is 3.68. The van der Waals surface area contributed by atoms with E-state index in [9.17, 15) is 0 Å². The summed E-state index contributed by atoms with van der Waals surface area (Å²) in [6.45, 7) is 8.84. The molecule has 0 saturated heterocycles. The number of allylic oxidation sites excluding steroid dienone is 2. The van der Waals surface area contributed by atoms with Crippen molar-refractivity contribution in [1.82, 2.24) is 0 Å². The molecule has 0 nitrogen and oxygen atoms in total. The Morgan fingerprint density at radius 3 is 2.19 bits per heavy atom. The molecule has 0 N–H and O–H groups in total. The zero-order chi connectivity index (χ0) is 12.2. The van der Waals surface area contributed by atoms with Gasteiger partial charge in [0.25, 0.3) is 0 Å². The maximum atomic E-state index is 5.67. The summed E-state index contributed by atoms with van der Waals surface area (Å²) >= 11 is 5.67. The Balaban J connectivity index is 2.87. The minimum atomic E-state index is 0.228. The smallest absolute Gasteiger partial charge is 0.0258 e. The Labute approximate surface area is 104 Å². The second-order valence-corrected chi connectivity index (χ2v) is 5.57. The van der Waals surface area contributed by atoms with Gasteiger partial charge in [-0.3, -0.25) is 0 Å². The summed E-state index contributed by atoms with van der Waals surface area (Å²) < 4.78 is 0. The zero-order valence-corrected chi connectivity index (χ0v) is 11.4. The molecule has 0 aliphatic rings. The normalized spacial score (nSPS) is 12.9. The molecule has 1 aromatic rings. The molecule has 1 heteroatoms. The summed E-state index contributed by atoms with van der Waals surface area (Å²) in [5, 5.41) is 0. The molecular weight excluding hydrogens is 216 g/mol. The van der Waals surface area contributed by atoms with Gasteiger partial charge in [0.1, 0.15) is 0 Å². The van der Waals surface area contributed by atoms with Gasteiger partial charge in [-0.2, -0.15) is 0 Å². The van der Waals surface area contributed by atoms with E-state index < -0.39 is 0 Å². The van der Waals surface area contributed by atoms with Crippen LogP contribution >= 0.6 is 11.6 Å². The lowest BCUT2D eigenvalue weighted by molar-refractivity contribution is 0.590. The van der Waals surface area contributed by atoms with Gasteiger partial charge in [-0.25, -0.2) is 0 Å². The molecule has 0 spiro atoms. The molecule has 0 aliphatic carbocycles. The van der Waals surface area contributed by atoms with Gasteiger partial charge in [-0.15, -0.1) is 11.6 Å². The van der Waals surface area contributed by atoms with Crippen LogP contribution in [-0.4, -0.2) is 5.88 Å². The highest BCUT2D eigenvalue weighted by Crippen LogP contribution is 2.24. The average Bonchev–Trinajstić information content (AvgIpc) is 2.25. The molecule has 0 aromatic heterocycles. The lowest BCUT2D eigenvalue weighted by Crippen LogP contribution is -2.10. The molecule has 0 amide bonds. The molecule has 1 rings (SSSR count). The standard InChI is InChI=1S/C15H21Cl/c1-12(6-5-11-16)13-7-9-14(10-8-13)15(2,3)4/h6-10H,5,11H2,1-4H3/b12-6+. The second-order valence-electron chi connectivity index (χ2n) is 5.19. The van der Waals surface area contributed by atoms with Crippen molar-refractivity contribution in [3.8, 4) is 0 Å². The number of hydrogen-bond donors (Lipinski definition) is 0. The summed E-state index contributed by atoms with van der Waals surface area (Å²) in [6.07, 6.45) is 3.13. The van der Waals surface area contributed by atoms with Gasteiger partial charge >= 0.3 is 0 Å². The van der Waals surface area contributed by atoms with Crippen molar-refractivity contribution >= 4 is 17.2 Å². The van der Waals surface area contributed by atoms with Crippen molar-refractivity contribution in [3.63, 3.8) is 0 Å². The van der Waals surface area contributed by atoms with Gasteiger partial charge in [-0.1, -0.05) is 51.1 Å². The molecule has 0 saturated carbocycles. The number of benzene rings is 1. The first-order valence-corrected chi connectivity index (χ1v) is 6.32. The quantitative estimate of drug-likeness (QED) is 0.647. The number of hydrogen-bond acceptors (Lipinski definition) is 0. The zero-order valence-electron chi connectivity index (χ0n) is 10.7. The van der Waals surface area contributed by atoms with E-state index in [1.165, 1.54) is 16.7 Å². The molecular formula is C15H21Cl. The predicted octanol–water partition coefficient (Wildman–Crippen LogP) is 5.02. The van der Waals surface area contributed by atoms with E-state index in [2.05, 4.69) is 58.0 Å². The molecule has 88 valence electrons. The Bertz CT molecular complexity index is 352. The van der Waals surface area contributed by atoms with Crippen molar-refractivity contribution in [2.24, 2.45) is 0 Å². The van der Waals surface area contributed by atoms with Crippen LogP contribution in [-0.2, 0) is 5.41 Å². The summed E-state index contributed by atoms with van der Waals surface area (Å²) in [7, 11) is 0. The Morgan fingerprint density at radius 1 is 1.19 bits per heavy atom. The van der Waals surface area contributed by atoms with Crippen LogP contribution in [0.25, 0.3) is 5.57 Å². The van der Waals surface area contributed by atoms with Gasteiger partial charge in [0.2, 0.25) is 0 Å². The maximum absolute atomic E-state index is 5.67. The highest BCUT2D eigenvalue weighted by atomic mass is 35.5. The highest BCUT2D eigenvalue weighted by Gasteiger charge is 2.12. The molecule has 0 radical (unpaired) electrons. The third-order valence-corrected chi connectivity index (χ3v) is 2.98. The van der Waals surface area contributed by atoms with E-state index in [1.54, 1.807) is 0 Å². The Morgan fingerprint density at radius 2 is 1.75 bits per heavy atom. The maximum Gasteiger partial charge on any atom is 0.0258 e. The van der Waals surface area contributed by atoms with Crippen LogP contribution in [0.15, 0.2) is 30.3 Å². The van der Waals surface area contributed by atoms with Crippen LogP contribution < -0.4 is 0 Å². The molecule has 16 heavy (non-hydrogen) atoms. The SMILES string of the molecule is C/C(=C\CCCl)c1ccc(C(C)(C)C)cc1. The first kappa shape index (κ1) is 13.3. The molecule has 0 fully saturated rings. The highest BCUT2D eigenvalue weighted by molar-refractivity contribution is 6.17. The van der Waals surface area contributed by atoms with E-state index in [0.29, 0.717) is 5.88 Å². The van der Waals surface area contributed by atoms with E-state index in [0.717, 1.165) is 6.42 Å². The van der Waals surface area contributed by atoms with Crippen LogP contribution in [0.1, 0.15) is 45.2 Å². The lowest BCUT2D eigenvalue weighted by Gasteiger charge is -2.19. The Kier molecular flexibility index (Phi) is 4.61. The van der Waals surface area contributed by atoms with Gasteiger partial charge < -0.3 is 0 Å². The molecule has 0 atom stereocenters. The van der Waals surface area contributed by atoms with E-state index in [1.807, 2.05) is 0 Å². The van der Waals surface area contributed by atoms with Gasteiger partial charge in [0.15, 0.2) is 0 Å². The first-order chi connectivity index (χ1) is 7.45. The van der Waals surface area contributed by atoms with Crippen molar-refractivity contribution < 1.29 is 0 Å². The minimum Gasteiger partial charge on any atom is -0.126 e. The minimum absolute atomic E-state index is 0.228. The van der Waals surface area contributed by atoms with Crippen LogP contribution in [0.4, 0.5) is 0 Å². The fraction of sp³-hybridized carbons (Fsp3) is 0.467. The second kappa shape index (κ2) is 5.54. The average molecular weight is 237 g/mol. The van der Waals surface area contributed by atoms with E-state index in [-0.39, 0.29) is 5.41 Å². The largest absolute Gasteiger partial charge is 0.126 e. The van der Waals surface area contributed by atoms with E-state index >= 15 is 0 Å². The summed E-state index contributed by atoms with van der Waals surface area (Å²) in [6, 6.07) is 8.82. The van der Waals surface area contributed by atoms with Crippen molar-refractivity contribution in [2.75, 3.05) is 5.88 Å². The van der Waals surface area contributed by atoms with Gasteiger partial charge in [-0.05, 0) is 35.5 Å². The van der Waals surface area contributed by atoms with Gasteiger partial charge in [0.05, 0.1) is 0 Å². The van der Waals surface area contributed by atoms with Crippen molar-refractivity contribution in [1.29, 1.82) is 0 Å². The van der Waals surface area contributed by atoms with Crippen LogP contribution in [0.2, 0.25) is 0 Å². The van der Waals surface area contributed by atoms with Crippen molar-refractivity contribution in [2.45, 2.75) is 39.5 Å². The monoisotopic (exact) mass is 236 g/mol. The summed E-state index contributed by atoms with van der Waals surface area (Å²) in [5.74, 6) is 0.692. The predicted molar refractivity (Wildman–Crippen MR) is 74.1 cm³/mol.